The molecule has 110 valence electrons. The SMILES string of the molecule is CN(Cc1ccc(C(=O)O)cc1Cl)CC1CCCCO1. The molecule has 2 rings (SSSR count). The first kappa shape index (κ1) is 15.3. The highest BCUT2D eigenvalue weighted by Gasteiger charge is 2.16. The van der Waals surface area contributed by atoms with E-state index in [1.54, 1.807) is 12.1 Å². The summed E-state index contributed by atoms with van der Waals surface area (Å²) in [6.07, 6.45) is 3.79. The van der Waals surface area contributed by atoms with Gasteiger partial charge in [-0.1, -0.05) is 17.7 Å². The van der Waals surface area contributed by atoms with E-state index < -0.39 is 5.97 Å². The largest absolute Gasteiger partial charge is 0.478 e. The molecule has 5 heteroatoms. The third-order valence-corrected chi connectivity index (χ3v) is 3.88. The van der Waals surface area contributed by atoms with Crippen LogP contribution in [-0.2, 0) is 11.3 Å². The normalized spacial score (nSPS) is 19.2. The van der Waals surface area contributed by atoms with E-state index in [1.165, 1.54) is 12.5 Å². The van der Waals surface area contributed by atoms with Crippen molar-refractivity contribution in [3.05, 3.63) is 34.3 Å². The number of carbonyl (C=O) groups is 1. The summed E-state index contributed by atoms with van der Waals surface area (Å²) in [5.41, 5.74) is 1.16. The van der Waals surface area contributed by atoms with Crippen LogP contribution in [0.5, 0.6) is 0 Å². The van der Waals surface area contributed by atoms with Crippen LogP contribution in [0.15, 0.2) is 18.2 Å². The number of nitrogens with zero attached hydrogens (tertiary/aromatic N) is 1. The van der Waals surface area contributed by atoms with Crippen LogP contribution in [-0.4, -0.2) is 42.3 Å². The van der Waals surface area contributed by atoms with E-state index >= 15 is 0 Å². The number of benzene rings is 1. The summed E-state index contributed by atoms with van der Waals surface area (Å²) < 4.78 is 5.71. The van der Waals surface area contributed by atoms with Gasteiger partial charge < -0.3 is 9.84 Å². The summed E-state index contributed by atoms with van der Waals surface area (Å²) in [4.78, 5) is 13.0. The van der Waals surface area contributed by atoms with Gasteiger partial charge in [0, 0.05) is 24.7 Å². The molecule has 0 saturated carbocycles. The minimum Gasteiger partial charge on any atom is -0.478 e. The Kier molecular flexibility index (Phi) is 5.40. The topological polar surface area (TPSA) is 49.8 Å². The van der Waals surface area contributed by atoms with Crippen LogP contribution in [0.1, 0.15) is 35.2 Å². The van der Waals surface area contributed by atoms with Crippen LogP contribution in [0.25, 0.3) is 0 Å². The maximum Gasteiger partial charge on any atom is 0.335 e. The molecule has 0 bridgehead atoms. The molecule has 1 fully saturated rings. The predicted octanol–water partition coefficient (Wildman–Crippen LogP) is 3.04. The van der Waals surface area contributed by atoms with Gasteiger partial charge in [-0.05, 0) is 44.0 Å². The van der Waals surface area contributed by atoms with Gasteiger partial charge in [0.25, 0.3) is 0 Å². The van der Waals surface area contributed by atoms with Crippen LogP contribution >= 0.6 is 11.6 Å². The molecule has 0 amide bonds. The molecule has 4 nitrogen and oxygen atoms in total. The predicted molar refractivity (Wildman–Crippen MR) is 78.3 cm³/mol. The number of ether oxygens (including phenoxy) is 1. The van der Waals surface area contributed by atoms with Crippen LogP contribution in [0.4, 0.5) is 0 Å². The maximum atomic E-state index is 10.9. The van der Waals surface area contributed by atoms with Gasteiger partial charge in [0.1, 0.15) is 0 Å². The zero-order valence-corrected chi connectivity index (χ0v) is 12.4. The molecule has 1 unspecified atom stereocenters. The van der Waals surface area contributed by atoms with Gasteiger partial charge in [0.05, 0.1) is 11.7 Å². The van der Waals surface area contributed by atoms with Crippen molar-refractivity contribution in [1.29, 1.82) is 0 Å². The number of aromatic carboxylic acids is 1. The molecule has 1 N–H and O–H groups in total. The number of carboxylic acids is 1. The molecule has 1 heterocycles. The van der Waals surface area contributed by atoms with Gasteiger partial charge in [0.15, 0.2) is 0 Å². The highest BCUT2D eigenvalue weighted by molar-refractivity contribution is 6.31. The first-order chi connectivity index (χ1) is 9.56. The Morgan fingerprint density at radius 1 is 1.50 bits per heavy atom. The van der Waals surface area contributed by atoms with Gasteiger partial charge in [-0.3, -0.25) is 4.90 Å². The number of hydrogen-bond acceptors (Lipinski definition) is 3. The molecular weight excluding hydrogens is 278 g/mol. The lowest BCUT2D eigenvalue weighted by molar-refractivity contribution is -0.00258. The zero-order chi connectivity index (χ0) is 14.5. The van der Waals surface area contributed by atoms with Crippen molar-refractivity contribution in [3.63, 3.8) is 0 Å². The van der Waals surface area contributed by atoms with E-state index in [2.05, 4.69) is 4.90 Å². The molecule has 20 heavy (non-hydrogen) atoms. The number of rotatable bonds is 5. The quantitative estimate of drug-likeness (QED) is 0.907. The first-order valence-electron chi connectivity index (χ1n) is 6.88. The standard InChI is InChI=1S/C15H20ClNO3/c1-17(10-13-4-2-3-7-20-13)9-12-6-5-11(15(18)19)8-14(12)16/h5-6,8,13H,2-4,7,9-10H2,1H3,(H,18,19). The summed E-state index contributed by atoms with van der Waals surface area (Å²) in [6, 6.07) is 4.88. The smallest absolute Gasteiger partial charge is 0.335 e. The van der Waals surface area contributed by atoms with Crippen LogP contribution in [0, 0.1) is 0 Å². The molecule has 1 saturated heterocycles. The molecule has 1 aromatic rings. The Labute approximate surface area is 124 Å². The van der Waals surface area contributed by atoms with Gasteiger partial charge >= 0.3 is 5.97 Å². The van der Waals surface area contributed by atoms with Crippen LogP contribution in [0.2, 0.25) is 5.02 Å². The fourth-order valence-corrected chi connectivity index (χ4v) is 2.70. The highest BCUT2D eigenvalue weighted by atomic mass is 35.5. The van der Waals surface area contributed by atoms with Crippen molar-refractivity contribution >= 4 is 17.6 Å². The molecular formula is C15H20ClNO3. The number of hydrogen-bond donors (Lipinski definition) is 1. The molecule has 0 spiro atoms. The summed E-state index contributed by atoms with van der Waals surface area (Å²) in [7, 11) is 2.03. The van der Waals surface area contributed by atoms with E-state index in [-0.39, 0.29) is 5.56 Å². The number of halogens is 1. The average molecular weight is 298 g/mol. The highest BCUT2D eigenvalue weighted by Crippen LogP contribution is 2.20. The second kappa shape index (κ2) is 7.07. The second-order valence-electron chi connectivity index (χ2n) is 5.30. The van der Waals surface area contributed by atoms with Gasteiger partial charge in [-0.15, -0.1) is 0 Å². The molecule has 1 aromatic carbocycles. The van der Waals surface area contributed by atoms with Gasteiger partial charge in [-0.25, -0.2) is 4.79 Å². The molecule has 0 aliphatic carbocycles. The summed E-state index contributed by atoms with van der Waals surface area (Å²) in [6.45, 7) is 2.42. The first-order valence-corrected chi connectivity index (χ1v) is 7.26. The number of carboxylic acid groups (broad SMARTS) is 1. The Balaban J connectivity index is 1.93. The molecule has 0 radical (unpaired) electrons. The average Bonchev–Trinajstić information content (AvgIpc) is 2.42. The Bertz CT molecular complexity index is 472. The van der Waals surface area contributed by atoms with Gasteiger partial charge in [0.2, 0.25) is 0 Å². The van der Waals surface area contributed by atoms with Crippen molar-refractivity contribution in [1.82, 2.24) is 4.90 Å². The van der Waals surface area contributed by atoms with Crippen LogP contribution in [0.3, 0.4) is 0 Å². The van der Waals surface area contributed by atoms with Crippen LogP contribution < -0.4 is 0 Å². The monoisotopic (exact) mass is 297 g/mol. The maximum absolute atomic E-state index is 10.9. The summed E-state index contributed by atoms with van der Waals surface area (Å²) in [5, 5.41) is 9.41. The Morgan fingerprint density at radius 2 is 2.30 bits per heavy atom. The van der Waals surface area contributed by atoms with Crippen molar-refractivity contribution in [2.24, 2.45) is 0 Å². The Morgan fingerprint density at radius 3 is 2.90 bits per heavy atom. The number of likely N-dealkylation sites (N-methyl/N-ethyl adjacent to an activating group) is 1. The van der Waals surface area contributed by atoms with Crippen molar-refractivity contribution in [2.45, 2.75) is 31.9 Å². The molecule has 1 atom stereocenters. The summed E-state index contributed by atoms with van der Waals surface area (Å²) in [5.74, 6) is -0.956. The lowest BCUT2D eigenvalue weighted by Gasteiger charge is -2.27. The minimum absolute atomic E-state index is 0.219. The third-order valence-electron chi connectivity index (χ3n) is 3.53. The third kappa shape index (κ3) is 4.20. The molecule has 1 aliphatic rings. The van der Waals surface area contributed by atoms with Crippen molar-refractivity contribution in [3.8, 4) is 0 Å². The van der Waals surface area contributed by atoms with E-state index in [0.717, 1.165) is 31.6 Å². The molecule has 0 aromatic heterocycles. The van der Waals surface area contributed by atoms with Crippen molar-refractivity contribution < 1.29 is 14.6 Å². The zero-order valence-electron chi connectivity index (χ0n) is 11.6. The van der Waals surface area contributed by atoms with Crippen molar-refractivity contribution in [2.75, 3.05) is 20.2 Å². The second-order valence-corrected chi connectivity index (χ2v) is 5.70. The van der Waals surface area contributed by atoms with Gasteiger partial charge in [-0.2, -0.15) is 0 Å². The van der Waals surface area contributed by atoms with E-state index in [9.17, 15) is 4.79 Å². The minimum atomic E-state index is -0.956. The summed E-state index contributed by atoms with van der Waals surface area (Å²) >= 11 is 6.14. The lowest BCUT2D eigenvalue weighted by Crippen LogP contribution is -2.33. The van der Waals surface area contributed by atoms with E-state index in [0.29, 0.717) is 17.7 Å². The molecule has 1 aliphatic heterocycles. The van der Waals surface area contributed by atoms with E-state index in [4.69, 9.17) is 21.4 Å². The lowest BCUT2D eigenvalue weighted by atomic mass is 10.1. The Hall–Kier alpha value is -1.10. The fraction of sp³-hybridized carbons (Fsp3) is 0.533. The van der Waals surface area contributed by atoms with E-state index in [1.807, 2.05) is 7.05 Å². The fourth-order valence-electron chi connectivity index (χ4n) is 2.46.